The van der Waals surface area contributed by atoms with Crippen molar-refractivity contribution in [2.75, 3.05) is 0 Å². The molecule has 0 amide bonds. The van der Waals surface area contributed by atoms with Crippen molar-refractivity contribution in [1.29, 1.82) is 0 Å². The maximum atomic E-state index is 10.1. The molecule has 2 aromatic carbocycles. The second kappa shape index (κ2) is 25.8. The molecule has 31 heavy (non-hydrogen) atoms. The largest absolute Gasteiger partial charge is 2.00 e. The first-order valence-corrected chi connectivity index (χ1v) is 9.91. The van der Waals surface area contributed by atoms with Crippen LogP contribution in [0.15, 0.2) is 72.8 Å². The Morgan fingerprint density at radius 3 is 1.16 bits per heavy atom. The average Bonchev–Trinajstić information content (AvgIpc) is 2.78. The molecule has 2 rings (SSSR count). The van der Waals surface area contributed by atoms with E-state index in [1.807, 2.05) is 60.7 Å². The van der Waals surface area contributed by atoms with E-state index >= 15 is 0 Å². The van der Waals surface area contributed by atoms with Gasteiger partial charge in [0.05, 0.1) is 0 Å². The summed E-state index contributed by atoms with van der Waals surface area (Å²) >= 11 is 0. The number of hydrogen-bond acceptors (Lipinski definition) is 2. The van der Waals surface area contributed by atoms with Gasteiger partial charge in [0.1, 0.15) is 0 Å². The first-order chi connectivity index (χ1) is 14.4. The SMILES string of the molecule is O=C(O)C=Cc1ccccc1.O=C(O)C=Cc1ccccc1.[CH2-]CCC.[CH2-]CCC.[Zr+2]. The van der Waals surface area contributed by atoms with E-state index in [1.165, 1.54) is 12.8 Å². The van der Waals surface area contributed by atoms with Gasteiger partial charge in [0.25, 0.3) is 0 Å². The first-order valence-electron chi connectivity index (χ1n) is 9.91. The number of unbranched alkanes of at least 4 members (excludes halogenated alkanes) is 2. The molecular formula is C26H34O4Zr. The molecule has 4 nitrogen and oxygen atoms in total. The number of aliphatic carboxylic acids is 2. The van der Waals surface area contributed by atoms with Gasteiger partial charge in [0, 0.05) is 12.2 Å². The Bertz CT molecular complexity index is 643. The summed E-state index contributed by atoms with van der Waals surface area (Å²) in [4.78, 5) is 20.2. The van der Waals surface area contributed by atoms with Crippen LogP contribution in [0.2, 0.25) is 0 Å². The summed E-state index contributed by atoms with van der Waals surface area (Å²) in [6.45, 7) is 11.4. The second-order valence-corrected chi connectivity index (χ2v) is 5.87. The molecule has 0 heterocycles. The molecule has 5 heteroatoms. The molecule has 0 aliphatic heterocycles. The number of rotatable bonds is 6. The maximum Gasteiger partial charge on any atom is 2.00 e. The molecule has 0 aliphatic carbocycles. The molecule has 0 unspecified atom stereocenters. The Balaban J connectivity index is -0.000000370. The van der Waals surface area contributed by atoms with Crippen molar-refractivity contribution < 1.29 is 46.0 Å². The fourth-order valence-electron chi connectivity index (χ4n) is 1.46. The monoisotopic (exact) mass is 500 g/mol. The van der Waals surface area contributed by atoms with E-state index in [9.17, 15) is 9.59 Å². The zero-order chi connectivity index (χ0) is 23.0. The van der Waals surface area contributed by atoms with E-state index in [0.29, 0.717) is 0 Å². The van der Waals surface area contributed by atoms with Gasteiger partial charge in [-0.15, -0.1) is 0 Å². The van der Waals surface area contributed by atoms with Crippen LogP contribution >= 0.6 is 0 Å². The third-order valence-corrected chi connectivity index (χ3v) is 3.14. The Hall–Kier alpha value is -2.26. The second-order valence-electron chi connectivity index (χ2n) is 5.87. The molecule has 0 saturated carbocycles. The van der Waals surface area contributed by atoms with Crippen LogP contribution in [0, 0.1) is 13.8 Å². The quantitative estimate of drug-likeness (QED) is 0.337. The predicted octanol–water partition coefficient (Wildman–Crippen LogP) is 6.81. The van der Waals surface area contributed by atoms with Crippen molar-refractivity contribution in [3.05, 3.63) is 97.8 Å². The van der Waals surface area contributed by atoms with Gasteiger partial charge >= 0.3 is 38.1 Å². The van der Waals surface area contributed by atoms with Crippen LogP contribution in [0.3, 0.4) is 0 Å². The molecule has 0 fully saturated rings. The van der Waals surface area contributed by atoms with Crippen LogP contribution < -0.4 is 0 Å². The maximum absolute atomic E-state index is 10.1. The molecule has 2 aromatic rings. The standard InChI is InChI=1S/2C9H8O2.2C4H9.Zr/c2*10-9(11)7-6-8-4-2-1-3-5-8;2*1-3-4-2;/h2*1-7H,(H,10,11);2*1,3-4H2,2H3;/q;;2*-1;+2. The number of benzene rings is 2. The Morgan fingerprint density at radius 2 is 0.968 bits per heavy atom. The van der Waals surface area contributed by atoms with Crippen molar-refractivity contribution >= 4 is 24.1 Å². The number of carbonyl (C=O) groups is 2. The minimum Gasteiger partial charge on any atom is -0.478 e. The zero-order valence-corrected chi connectivity index (χ0v) is 21.0. The molecule has 0 aliphatic rings. The molecule has 0 bridgehead atoms. The predicted molar refractivity (Wildman–Crippen MR) is 127 cm³/mol. The molecule has 0 atom stereocenters. The van der Waals surface area contributed by atoms with Crippen molar-refractivity contribution in [3.63, 3.8) is 0 Å². The Labute approximate surface area is 206 Å². The Kier molecular flexibility index (Phi) is 27.8. The van der Waals surface area contributed by atoms with Crippen LogP contribution in [0.25, 0.3) is 12.2 Å². The van der Waals surface area contributed by atoms with Crippen LogP contribution in [-0.4, -0.2) is 22.2 Å². The van der Waals surface area contributed by atoms with Crippen molar-refractivity contribution in [2.24, 2.45) is 0 Å². The van der Waals surface area contributed by atoms with Gasteiger partial charge in [-0.2, -0.15) is 12.8 Å². The van der Waals surface area contributed by atoms with E-state index in [4.69, 9.17) is 10.2 Å². The third-order valence-electron chi connectivity index (χ3n) is 3.14. The summed E-state index contributed by atoms with van der Waals surface area (Å²) in [6.07, 6.45) is 9.91. The molecule has 2 N–H and O–H groups in total. The smallest absolute Gasteiger partial charge is 0.478 e. The average molecular weight is 502 g/mol. The summed E-state index contributed by atoms with van der Waals surface area (Å²) in [5.74, 6) is -1.84. The minimum absolute atomic E-state index is 0. The van der Waals surface area contributed by atoms with E-state index in [1.54, 1.807) is 12.2 Å². The van der Waals surface area contributed by atoms with Gasteiger partial charge < -0.3 is 24.1 Å². The summed E-state index contributed by atoms with van der Waals surface area (Å²) < 4.78 is 0. The van der Waals surface area contributed by atoms with Gasteiger partial charge in [-0.3, -0.25) is 0 Å². The fraction of sp³-hybridized carbons (Fsp3) is 0.231. The number of carboxylic acid groups (broad SMARTS) is 2. The molecular weight excluding hydrogens is 468 g/mol. The third kappa shape index (κ3) is 27.7. The van der Waals surface area contributed by atoms with Gasteiger partial charge in [-0.1, -0.05) is 87.4 Å². The van der Waals surface area contributed by atoms with Crippen LogP contribution in [0.1, 0.15) is 50.7 Å². The fourth-order valence-corrected chi connectivity index (χ4v) is 1.46. The van der Waals surface area contributed by atoms with Crippen LogP contribution in [-0.2, 0) is 35.8 Å². The van der Waals surface area contributed by atoms with E-state index < -0.39 is 11.9 Å². The van der Waals surface area contributed by atoms with Crippen LogP contribution in [0.4, 0.5) is 0 Å². The van der Waals surface area contributed by atoms with E-state index in [0.717, 1.165) is 36.1 Å². The van der Waals surface area contributed by atoms with Crippen molar-refractivity contribution in [1.82, 2.24) is 0 Å². The number of hydrogen-bond donors (Lipinski definition) is 2. The zero-order valence-electron chi connectivity index (χ0n) is 18.5. The van der Waals surface area contributed by atoms with Gasteiger partial charge in [-0.05, 0) is 23.3 Å². The summed E-state index contributed by atoms with van der Waals surface area (Å²) in [5.41, 5.74) is 1.80. The first kappa shape index (κ1) is 33.4. The topological polar surface area (TPSA) is 74.6 Å². The molecule has 0 aromatic heterocycles. The molecule has 0 saturated heterocycles. The molecule has 166 valence electrons. The summed E-state index contributed by atoms with van der Waals surface area (Å²) in [7, 11) is 0. The van der Waals surface area contributed by atoms with Crippen molar-refractivity contribution in [3.8, 4) is 0 Å². The van der Waals surface area contributed by atoms with Gasteiger partial charge in [-0.25, -0.2) is 9.59 Å². The number of carboxylic acids is 2. The van der Waals surface area contributed by atoms with Gasteiger partial charge in [0.15, 0.2) is 0 Å². The normalized spacial score (nSPS) is 9.16. The van der Waals surface area contributed by atoms with Gasteiger partial charge in [0.2, 0.25) is 0 Å². The van der Waals surface area contributed by atoms with Crippen LogP contribution in [0.5, 0.6) is 0 Å². The van der Waals surface area contributed by atoms with Crippen molar-refractivity contribution in [2.45, 2.75) is 39.5 Å². The molecule has 0 radical (unpaired) electrons. The Morgan fingerprint density at radius 1 is 0.710 bits per heavy atom. The summed E-state index contributed by atoms with van der Waals surface area (Å²) in [5, 5.41) is 16.6. The molecule has 0 spiro atoms. The summed E-state index contributed by atoms with van der Waals surface area (Å²) in [6, 6.07) is 18.6. The van der Waals surface area contributed by atoms with E-state index in [2.05, 4.69) is 27.7 Å². The minimum atomic E-state index is -0.922. The van der Waals surface area contributed by atoms with E-state index in [-0.39, 0.29) is 26.2 Å².